The molecule has 1 aliphatic heterocycles. The highest BCUT2D eigenvalue weighted by molar-refractivity contribution is 6.03. The van der Waals surface area contributed by atoms with Crippen LogP contribution >= 0.6 is 0 Å². The third-order valence-corrected chi connectivity index (χ3v) is 5.20. The molecule has 0 saturated heterocycles. The van der Waals surface area contributed by atoms with E-state index in [1.54, 1.807) is 21.3 Å². The van der Waals surface area contributed by atoms with Crippen LogP contribution in [0.15, 0.2) is 53.6 Å². The lowest BCUT2D eigenvalue weighted by molar-refractivity contribution is -0.133. The number of hydrazone groups is 1. The fourth-order valence-corrected chi connectivity index (χ4v) is 3.61. The number of rotatable bonds is 7. The number of ether oxygens (including phenoxy) is 2. The molecule has 0 fully saturated rings. The van der Waals surface area contributed by atoms with Crippen LogP contribution < -0.4 is 14.8 Å². The number of nitrogens with one attached hydrogen (secondary N) is 1. The van der Waals surface area contributed by atoms with Crippen molar-refractivity contribution in [1.82, 2.24) is 15.2 Å². The molecule has 1 aliphatic rings. The smallest absolute Gasteiger partial charge is 0.317 e. The minimum atomic E-state index is -0.346. The summed E-state index contributed by atoms with van der Waals surface area (Å²) in [7, 11) is 4.81. The van der Waals surface area contributed by atoms with Crippen LogP contribution in [0.2, 0.25) is 0 Å². The van der Waals surface area contributed by atoms with E-state index in [0.29, 0.717) is 17.9 Å². The standard InChI is InChI=1S/C24H30N4O4/c1-16(2)25-24(30)27(3)15-23(29)28-21(19-11-6-7-12-22(19)32-5)14-20(26-28)17-9-8-10-18(13-17)31-4/h6-13,16,21H,14-15H2,1-5H3,(H,25,30). The molecule has 3 amide bonds. The Bertz CT molecular complexity index is 1000. The van der Waals surface area contributed by atoms with Crippen LogP contribution in [-0.4, -0.2) is 61.4 Å². The number of carbonyl (C=O) groups is 2. The molecule has 8 heteroatoms. The SMILES string of the molecule is COc1cccc(C2=NN(C(=O)CN(C)C(=O)NC(C)C)C(c3ccccc3OC)C2)c1. The molecule has 1 atom stereocenters. The molecule has 32 heavy (non-hydrogen) atoms. The normalized spacial score (nSPS) is 15.4. The summed E-state index contributed by atoms with van der Waals surface area (Å²) in [6, 6.07) is 14.5. The van der Waals surface area contributed by atoms with Crippen LogP contribution in [0, 0.1) is 0 Å². The van der Waals surface area contributed by atoms with E-state index in [9.17, 15) is 9.59 Å². The molecule has 0 saturated carbocycles. The topological polar surface area (TPSA) is 83.5 Å². The molecule has 0 aliphatic carbocycles. The van der Waals surface area contributed by atoms with Gasteiger partial charge in [0.25, 0.3) is 5.91 Å². The van der Waals surface area contributed by atoms with E-state index in [-0.39, 0.29) is 30.6 Å². The van der Waals surface area contributed by atoms with Gasteiger partial charge in [0.15, 0.2) is 0 Å². The molecule has 0 bridgehead atoms. The van der Waals surface area contributed by atoms with Crippen molar-refractivity contribution in [3.8, 4) is 11.5 Å². The van der Waals surface area contributed by atoms with E-state index >= 15 is 0 Å². The van der Waals surface area contributed by atoms with Gasteiger partial charge in [0, 0.05) is 30.6 Å². The van der Waals surface area contributed by atoms with Gasteiger partial charge in [0.2, 0.25) is 0 Å². The minimum absolute atomic E-state index is 0.0224. The van der Waals surface area contributed by atoms with Gasteiger partial charge in [-0.2, -0.15) is 5.10 Å². The van der Waals surface area contributed by atoms with Crippen LogP contribution in [0.3, 0.4) is 0 Å². The number of carbonyl (C=O) groups excluding carboxylic acids is 2. The Balaban J connectivity index is 1.92. The first kappa shape index (κ1) is 23.1. The summed E-state index contributed by atoms with van der Waals surface area (Å²) < 4.78 is 10.9. The highest BCUT2D eigenvalue weighted by Gasteiger charge is 2.35. The van der Waals surface area contributed by atoms with Gasteiger partial charge in [-0.1, -0.05) is 30.3 Å². The third kappa shape index (κ3) is 5.19. The Kier molecular flexibility index (Phi) is 7.35. The average molecular weight is 439 g/mol. The number of hydrogen-bond donors (Lipinski definition) is 1. The Hall–Kier alpha value is -3.55. The molecule has 0 aromatic heterocycles. The Morgan fingerprint density at radius 1 is 1.16 bits per heavy atom. The summed E-state index contributed by atoms with van der Waals surface area (Å²) >= 11 is 0. The van der Waals surface area contributed by atoms with Crippen LogP contribution in [-0.2, 0) is 4.79 Å². The molecule has 170 valence electrons. The van der Waals surface area contributed by atoms with Crippen molar-refractivity contribution in [2.45, 2.75) is 32.4 Å². The van der Waals surface area contributed by atoms with Crippen molar-refractivity contribution in [2.75, 3.05) is 27.8 Å². The summed E-state index contributed by atoms with van der Waals surface area (Å²) in [5.74, 6) is 1.12. The minimum Gasteiger partial charge on any atom is -0.497 e. The molecule has 0 spiro atoms. The molecule has 8 nitrogen and oxygen atoms in total. The number of benzene rings is 2. The van der Waals surface area contributed by atoms with Crippen molar-refractivity contribution in [2.24, 2.45) is 5.10 Å². The quantitative estimate of drug-likeness (QED) is 0.718. The summed E-state index contributed by atoms with van der Waals surface area (Å²) in [4.78, 5) is 26.9. The van der Waals surface area contributed by atoms with E-state index in [2.05, 4.69) is 10.4 Å². The summed E-state index contributed by atoms with van der Waals surface area (Å²) in [6.45, 7) is 3.64. The number of amides is 3. The number of para-hydroxylation sites is 1. The van der Waals surface area contributed by atoms with Crippen LogP contribution in [0.1, 0.15) is 37.4 Å². The summed E-state index contributed by atoms with van der Waals surface area (Å²) in [5, 5.41) is 8.93. The highest BCUT2D eigenvalue weighted by atomic mass is 16.5. The lowest BCUT2D eigenvalue weighted by atomic mass is 9.97. The number of hydrogen-bond acceptors (Lipinski definition) is 5. The molecule has 2 aromatic carbocycles. The zero-order valence-corrected chi connectivity index (χ0v) is 19.2. The second-order valence-corrected chi connectivity index (χ2v) is 7.94. The fraction of sp³-hybridized carbons (Fsp3) is 0.375. The first-order valence-electron chi connectivity index (χ1n) is 10.5. The molecular formula is C24H30N4O4. The lowest BCUT2D eigenvalue weighted by Crippen LogP contribution is -2.45. The number of methoxy groups -OCH3 is 2. The van der Waals surface area contributed by atoms with E-state index in [0.717, 1.165) is 16.8 Å². The van der Waals surface area contributed by atoms with Gasteiger partial charge in [0.1, 0.15) is 18.0 Å². The second kappa shape index (κ2) is 10.2. The van der Waals surface area contributed by atoms with E-state index in [1.807, 2.05) is 62.4 Å². The van der Waals surface area contributed by atoms with Crippen molar-refractivity contribution in [3.63, 3.8) is 0 Å². The van der Waals surface area contributed by atoms with Crippen molar-refractivity contribution in [3.05, 3.63) is 59.7 Å². The molecule has 1 heterocycles. The predicted molar refractivity (Wildman–Crippen MR) is 123 cm³/mol. The van der Waals surface area contributed by atoms with E-state index in [4.69, 9.17) is 9.47 Å². The number of likely N-dealkylation sites (N-methyl/N-ethyl adjacent to an activating group) is 1. The fourth-order valence-electron chi connectivity index (χ4n) is 3.61. The highest BCUT2D eigenvalue weighted by Crippen LogP contribution is 2.37. The van der Waals surface area contributed by atoms with Gasteiger partial charge in [-0.05, 0) is 32.0 Å². The van der Waals surface area contributed by atoms with Gasteiger partial charge in [-0.15, -0.1) is 0 Å². The molecule has 2 aromatic rings. The maximum atomic E-state index is 13.3. The molecule has 0 radical (unpaired) electrons. The Morgan fingerprint density at radius 3 is 2.59 bits per heavy atom. The second-order valence-electron chi connectivity index (χ2n) is 7.94. The zero-order valence-electron chi connectivity index (χ0n) is 19.2. The van der Waals surface area contributed by atoms with E-state index < -0.39 is 0 Å². The predicted octanol–water partition coefficient (Wildman–Crippen LogP) is 3.43. The summed E-state index contributed by atoms with van der Waals surface area (Å²) in [6.07, 6.45) is 0.515. The molecule has 1 unspecified atom stereocenters. The van der Waals surface area contributed by atoms with E-state index in [1.165, 1.54) is 9.91 Å². The van der Waals surface area contributed by atoms with Gasteiger partial charge in [-0.3, -0.25) is 4.79 Å². The van der Waals surface area contributed by atoms with Crippen molar-refractivity contribution in [1.29, 1.82) is 0 Å². The van der Waals surface area contributed by atoms with Gasteiger partial charge in [0.05, 0.1) is 26.0 Å². The maximum Gasteiger partial charge on any atom is 0.317 e. The Labute approximate surface area is 188 Å². The average Bonchev–Trinajstić information content (AvgIpc) is 3.24. The summed E-state index contributed by atoms with van der Waals surface area (Å²) in [5.41, 5.74) is 2.51. The molecule has 3 rings (SSSR count). The molecule has 1 N–H and O–H groups in total. The maximum absolute atomic E-state index is 13.3. The van der Waals surface area contributed by atoms with Gasteiger partial charge in [-0.25, -0.2) is 9.80 Å². The Morgan fingerprint density at radius 2 is 1.91 bits per heavy atom. The first-order chi connectivity index (χ1) is 15.3. The third-order valence-electron chi connectivity index (χ3n) is 5.20. The van der Waals surface area contributed by atoms with Crippen molar-refractivity contribution >= 4 is 17.6 Å². The van der Waals surface area contributed by atoms with Gasteiger partial charge < -0.3 is 19.7 Å². The van der Waals surface area contributed by atoms with Crippen LogP contribution in [0.5, 0.6) is 11.5 Å². The zero-order chi connectivity index (χ0) is 23.3. The van der Waals surface area contributed by atoms with Crippen molar-refractivity contribution < 1.29 is 19.1 Å². The van der Waals surface area contributed by atoms with Gasteiger partial charge >= 0.3 is 6.03 Å². The number of nitrogens with zero attached hydrogens (tertiary/aromatic N) is 3. The lowest BCUT2D eigenvalue weighted by Gasteiger charge is -2.26. The number of urea groups is 1. The molecular weight excluding hydrogens is 408 g/mol. The van der Waals surface area contributed by atoms with Crippen LogP contribution in [0.4, 0.5) is 4.79 Å². The largest absolute Gasteiger partial charge is 0.497 e. The van der Waals surface area contributed by atoms with Crippen LogP contribution in [0.25, 0.3) is 0 Å². The first-order valence-corrected chi connectivity index (χ1v) is 10.5. The monoisotopic (exact) mass is 438 g/mol.